The highest BCUT2D eigenvalue weighted by Crippen LogP contribution is 2.08. The molecule has 1 N–H and O–H groups in total. The van der Waals surface area contributed by atoms with E-state index in [1.54, 1.807) is 16.8 Å². The number of hydrogen-bond donors (Lipinski definition) is 1. The molecule has 0 fully saturated rings. The molecule has 0 spiro atoms. The van der Waals surface area contributed by atoms with Crippen LogP contribution in [0.25, 0.3) is 0 Å². The highest BCUT2D eigenvalue weighted by molar-refractivity contribution is 9.10. The van der Waals surface area contributed by atoms with Crippen molar-refractivity contribution >= 4 is 15.9 Å². The van der Waals surface area contributed by atoms with Crippen LogP contribution in [0.5, 0.6) is 0 Å². The molecule has 0 aliphatic rings. The van der Waals surface area contributed by atoms with Crippen molar-refractivity contribution < 1.29 is 5.11 Å². The second kappa shape index (κ2) is 5.29. The maximum Gasteiger partial charge on any atom is 0.250 e. The molecule has 1 aromatic carbocycles. The van der Waals surface area contributed by atoms with E-state index in [4.69, 9.17) is 5.11 Å². The molecule has 2 aromatic rings. The van der Waals surface area contributed by atoms with Crippen LogP contribution in [0.15, 0.2) is 51.9 Å². The van der Waals surface area contributed by atoms with Crippen molar-refractivity contribution in [2.75, 3.05) is 0 Å². The fourth-order valence-electron chi connectivity index (χ4n) is 1.57. The molecule has 1 aromatic heterocycles. The second-order valence-electron chi connectivity index (χ2n) is 3.79. The minimum atomic E-state index is -0.0283. The summed E-state index contributed by atoms with van der Waals surface area (Å²) in [5.74, 6) is 0. The summed E-state index contributed by atoms with van der Waals surface area (Å²) in [5, 5.41) is 8.94. The fraction of sp³-hybridized carbons (Fsp3) is 0.154. The van der Waals surface area contributed by atoms with E-state index in [-0.39, 0.29) is 12.2 Å². The van der Waals surface area contributed by atoms with Crippen molar-refractivity contribution in [3.05, 3.63) is 68.5 Å². The first-order valence-electron chi connectivity index (χ1n) is 5.24. The zero-order chi connectivity index (χ0) is 12.3. The minimum absolute atomic E-state index is 0.0283. The number of aromatic nitrogens is 1. The van der Waals surface area contributed by atoms with Gasteiger partial charge in [0.2, 0.25) is 0 Å². The van der Waals surface area contributed by atoms with Crippen LogP contribution in [0.3, 0.4) is 0 Å². The molecule has 0 atom stereocenters. The third kappa shape index (κ3) is 3.05. The lowest BCUT2D eigenvalue weighted by atomic mass is 10.1. The number of benzene rings is 1. The Morgan fingerprint density at radius 3 is 2.35 bits per heavy atom. The summed E-state index contributed by atoms with van der Waals surface area (Å²) >= 11 is 3.34. The Kier molecular flexibility index (Phi) is 3.76. The lowest BCUT2D eigenvalue weighted by Crippen LogP contribution is -2.18. The normalized spacial score (nSPS) is 10.5. The third-order valence-corrected chi connectivity index (χ3v) is 2.97. The van der Waals surface area contributed by atoms with Crippen molar-refractivity contribution in [3.63, 3.8) is 0 Å². The van der Waals surface area contributed by atoms with Crippen LogP contribution in [0, 0.1) is 0 Å². The number of rotatable bonds is 3. The first-order chi connectivity index (χ1) is 8.19. The van der Waals surface area contributed by atoms with E-state index in [9.17, 15) is 4.79 Å². The van der Waals surface area contributed by atoms with Crippen LogP contribution in [0.2, 0.25) is 0 Å². The Bertz CT molecular complexity index is 560. The zero-order valence-electron chi connectivity index (χ0n) is 9.14. The van der Waals surface area contributed by atoms with Crippen molar-refractivity contribution in [1.82, 2.24) is 4.57 Å². The summed E-state index contributed by atoms with van der Waals surface area (Å²) in [4.78, 5) is 11.6. The Hall–Kier alpha value is -1.39. The molecule has 1 heterocycles. The predicted molar refractivity (Wildman–Crippen MR) is 69.9 cm³/mol. The van der Waals surface area contributed by atoms with Crippen LogP contribution in [-0.2, 0) is 13.2 Å². The fourth-order valence-corrected chi connectivity index (χ4v) is 1.95. The summed E-state index contributed by atoms with van der Waals surface area (Å²) in [7, 11) is 0. The summed E-state index contributed by atoms with van der Waals surface area (Å²) < 4.78 is 2.52. The van der Waals surface area contributed by atoms with Crippen molar-refractivity contribution in [2.45, 2.75) is 13.2 Å². The number of pyridine rings is 1. The van der Waals surface area contributed by atoms with Gasteiger partial charge in [0.05, 0.1) is 13.2 Å². The van der Waals surface area contributed by atoms with E-state index < -0.39 is 0 Å². The lowest BCUT2D eigenvalue weighted by molar-refractivity contribution is 0.282. The largest absolute Gasteiger partial charge is 0.392 e. The molecule has 4 heteroatoms. The van der Waals surface area contributed by atoms with E-state index in [0.717, 1.165) is 15.6 Å². The molecule has 0 saturated heterocycles. The van der Waals surface area contributed by atoms with E-state index in [1.807, 2.05) is 24.3 Å². The van der Waals surface area contributed by atoms with Gasteiger partial charge in [0, 0.05) is 16.7 Å². The van der Waals surface area contributed by atoms with Crippen molar-refractivity contribution in [1.29, 1.82) is 0 Å². The highest BCUT2D eigenvalue weighted by Gasteiger charge is 1.99. The van der Waals surface area contributed by atoms with Gasteiger partial charge < -0.3 is 9.67 Å². The Balaban J connectivity index is 2.25. The van der Waals surface area contributed by atoms with Crippen LogP contribution < -0.4 is 5.56 Å². The predicted octanol–water partition coefficient (Wildman–Crippen LogP) is 2.15. The number of hydrogen-bond acceptors (Lipinski definition) is 2. The van der Waals surface area contributed by atoms with E-state index >= 15 is 0 Å². The molecule has 0 radical (unpaired) electrons. The van der Waals surface area contributed by atoms with Crippen molar-refractivity contribution in [2.24, 2.45) is 0 Å². The number of aliphatic hydroxyl groups excluding tert-OH is 1. The van der Waals surface area contributed by atoms with Gasteiger partial charge in [-0.2, -0.15) is 0 Å². The number of aliphatic hydroxyl groups is 1. The highest BCUT2D eigenvalue weighted by atomic mass is 79.9. The molecule has 0 aliphatic carbocycles. The molecule has 0 aliphatic heterocycles. The number of halogens is 1. The van der Waals surface area contributed by atoms with Crippen molar-refractivity contribution in [3.8, 4) is 0 Å². The average molecular weight is 294 g/mol. The van der Waals surface area contributed by atoms with Gasteiger partial charge in [-0.1, -0.05) is 24.3 Å². The van der Waals surface area contributed by atoms with Gasteiger partial charge in [-0.05, 0) is 33.1 Å². The molecule has 0 unspecified atom stereocenters. The van der Waals surface area contributed by atoms with Gasteiger partial charge in [-0.25, -0.2) is 0 Å². The molecular formula is C13H12BrNO2. The first kappa shape index (κ1) is 12.1. The van der Waals surface area contributed by atoms with Gasteiger partial charge in [0.15, 0.2) is 0 Å². The van der Waals surface area contributed by atoms with Crippen LogP contribution >= 0.6 is 15.9 Å². The Morgan fingerprint density at radius 2 is 1.71 bits per heavy atom. The summed E-state index contributed by atoms with van der Waals surface area (Å²) in [6, 6.07) is 10.8. The van der Waals surface area contributed by atoms with E-state index in [0.29, 0.717) is 6.54 Å². The minimum Gasteiger partial charge on any atom is -0.392 e. The summed E-state index contributed by atoms with van der Waals surface area (Å²) in [6.07, 6.45) is 1.77. The van der Waals surface area contributed by atoms with Crippen LogP contribution in [0.1, 0.15) is 11.1 Å². The standard InChI is InChI=1S/C13H12BrNO2/c14-12-5-6-13(17)15(8-12)7-10-1-3-11(9-16)4-2-10/h1-6,8,16H,7,9H2. The number of nitrogens with zero attached hydrogens (tertiary/aromatic N) is 1. The molecule has 3 nitrogen and oxygen atoms in total. The summed E-state index contributed by atoms with van der Waals surface area (Å²) in [6.45, 7) is 0.571. The maximum absolute atomic E-state index is 11.6. The molecule has 88 valence electrons. The maximum atomic E-state index is 11.6. The zero-order valence-corrected chi connectivity index (χ0v) is 10.7. The van der Waals surface area contributed by atoms with Gasteiger partial charge in [-0.15, -0.1) is 0 Å². The van der Waals surface area contributed by atoms with E-state index in [1.165, 1.54) is 6.07 Å². The summed E-state index contributed by atoms with van der Waals surface area (Å²) in [5.41, 5.74) is 1.87. The Labute approximate surface area is 107 Å². The van der Waals surface area contributed by atoms with Gasteiger partial charge >= 0.3 is 0 Å². The lowest BCUT2D eigenvalue weighted by Gasteiger charge is -2.06. The average Bonchev–Trinajstić information content (AvgIpc) is 2.35. The molecule has 2 rings (SSSR count). The van der Waals surface area contributed by atoms with Gasteiger partial charge in [-0.3, -0.25) is 4.79 Å². The molecule has 0 bridgehead atoms. The van der Waals surface area contributed by atoms with E-state index in [2.05, 4.69) is 15.9 Å². The van der Waals surface area contributed by atoms with Crippen LogP contribution in [-0.4, -0.2) is 9.67 Å². The first-order valence-corrected chi connectivity index (χ1v) is 6.03. The molecule has 17 heavy (non-hydrogen) atoms. The second-order valence-corrected chi connectivity index (χ2v) is 4.70. The van der Waals surface area contributed by atoms with Gasteiger partial charge in [0.25, 0.3) is 5.56 Å². The molecule has 0 amide bonds. The molecule has 0 saturated carbocycles. The van der Waals surface area contributed by atoms with Gasteiger partial charge in [0.1, 0.15) is 0 Å². The smallest absolute Gasteiger partial charge is 0.250 e. The quantitative estimate of drug-likeness (QED) is 0.942. The molecular weight excluding hydrogens is 282 g/mol. The topological polar surface area (TPSA) is 42.2 Å². The van der Waals surface area contributed by atoms with Crippen LogP contribution in [0.4, 0.5) is 0 Å². The third-order valence-electron chi connectivity index (χ3n) is 2.51. The Morgan fingerprint density at radius 1 is 1.06 bits per heavy atom. The monoisotopic (exact) mass is 293 g/mol. The SMILES string of the molecule is O=c1ccc(Br)cn1Cc1ccc(CO)cc1.